The molecule has 0 fully saturated rings. The summed E-state index contributed by atoms with van der Waals surface area (Å²) in [6.07, 6.45) is 1.17. The first-order valence-electron chi connectivity index (χ1n) is 4.32. The maximum absolute atomic E-state index is 11.2. The fourth-order valence-corrected chi connectivity index (χ4v) is 1.71. The molecule has 0 saturated carbocycles. The van der Waals surface area contributed by atoms with E-state index >= 15 is 0 Å². The topological polar surface area (TPSA) is 122 Å². The van der Waals surface area contributed by atoms with E-state index in [1.165, 1.54) is 18.3 Å². The van der Waals surface area contributed by atoms with Crippen molar-refractivity contribution in [2.45, 2.75) is 0 Å². The minimum Gasteiger partial charge on any atom is -0.395 e. The molecule has 1 aromatic heterocycles. The average Bonchev–Trinajstić information content (AvgIpc) is 2.17. The van der Waals surface area contributed by atoms with Gasteiger partial charge in [-0.05, 0) is 12.1 Å². The van der Waals surface area contributed by atoms with Crippen molar-refractivity contribution in [3.63, 3.8) is 0 Å². The number of nitrogens with two attached hydrogens (primary N) is 1. The van der Waals surface area contributed by atoms with Crippen molar-refractivity contribution >= 4 is 21.7 Å². The number of pyridine rings is 1. The highest BCUT2D eigenvalue weighted by atomic mass is 32.2. The van der Waals surface area contributed by atoms with Gasteiger partial charge in [-0.15, -0.1) is 0 Å². The fraction of sp³-hybridized carbons (Fsp3) is 0.250. The summed E-state index contributed by atoms with van der Waals surface area (Å²) in [5, 5.41) is 8.50. The first-order chi connectivity index (χ1) is 7.44. The number of nitrogens with zero attached hydrogens (tertiary/aromatic N) is 1. The standard InChI is InChI=1S/C8H11N3O4S/c9-8(13)6-1-2-7(10-5-6)11-16(14,15)4-3-12/h1-2,5,12H,3-4H2,(H2,9,13)(H,10,11). The number of anilines is 1. The molecule has 0 bridgehead atoms. The minimum absolute atomic E-state index is 0.0680. The summed E-state index contributed by atoms with van der Waals surface area (Å²) in [5.74, 6) is -0.984. The van der Waals surface area contributed by atoms with Crippen molar-refractivity contribution in [1.82, 2.24) is 4.98 Å². The Hall–Kier alpha value is -1.67. The molecule has 0 unspecified atom stereocenters. The lowest BCUT2D eigenvalue weighted by atomic mass is 10.3. The molecule has 7 nitrogen and oxygen atoms in total. The number of aromatic nitrogens is 1. The van der Waals surface area contributed by atoms with Crippen molar-refractivity contribution in [2.75, 3.05) is 17.1 Å². The second-order valence-corrected chi connectivity index (χ2v) is 4.78. The molecule has 1 aromatic rings. The lowest BCUT2D eigenvalue weighted by Crippen LogP contribution is -2.19. The van der Waals surface area contributed by atoms with Gasteiger partial charge < -0.3 is 10.8 Å². The van der Waals surface area contributed by atoms with Crippen LogP contribution in [0.2, 0.25) is 0 Å². The van der Waals surface area contributed by atoms with E-state index in [0.29, 0.717) is 0 Å². The number of aliphatic hydroxyl groups is 1. The van der Waals surface area contributed by atoms with Gasteiger partial charge in [-0.25, -0.2) is 13.4 Å². The molecule has 0 aliphatic carbocycles. The number of hydrogen-bond acceptors (Lipinski definition) is 5. The highest BCUT2D eigenvalue weighted by molar-refractivity contribution is 7.92. The van der Waals surface area contributed by atoms with E-state index in [0.717, 1.165) is 0 Å². The van der Waals surface area contributed by atoms with Crippen LogP contribution in [-0.2, 0) is 10.0 Å². The lowest BCUT2D eigenvalue weighted by Gasteiger charge is -2.05. The van der Waals surface area contributed by atoms with E-state index in [-0.39, 0.29) is 11.4 Å². The molecule has 8 heteroatoms. The Balaban J connectivity index is 2.80. The zero-order chi connectivity index (χ0) is 12.2. The van der Waals surface area contributed by atoms with Gasteiger partial charge in [0, 0.05) is 6.20 Å². The molecular weight excluding hydrogens is 234 g/mol. The van der Waals surface area contributed by atoms with Crippen LogP contribution in [0.15, 0.2) is 18.3 Å². The van der Waals surface area contributed by atoms with Gasteiger partial charge in [-0.1, -0.05) is 0 Å². The third-order valence-corrected chi connectivity index (χ3v) is 2.91. The Labute approximate surface area is 92.4 Å². The van der Waals surface area contributed by atoms with Gasteiger partial charge >= 0.3 is 0 Å². The third-order valence-electron chi connectivity index (χ3n) is 1.67. The number of amides is 1. The maximum atomic E-state index is 11.2. The SMILES string of the molecule is NC(=O)c1ccc(NS(=O)(=O)CCO)nc1. The molecular formula is C8H11N3O4S. The van der Waals surface area contributed by atoms with Crippen LogP contribution in [0.1, 0.15) is 10.4 Å². The van der Waals surface area contributed by atoms with Gasteiger partial charge in [0.05, 0.1) is 17.9 Å². The van der Waals surface area contributed by atoms with Crippen molar-refractivity contribution < 1.29 is 18.3 Å². The fourth-order valence-electron chi connectivity index (χ4n) is 0.931. The molecule has 0 atom stereocenters. The van der Waals surface area contributed by atoms with E-state index in [9.17, 15) is 13.2 Å². The Morgan fingerprint density at radius 3 is 2.62 bits per heavy atom. The molecule has 1 heterocycles. The number of sulfonamides is 1. The molecule has 0 aliphatic rings. The summed E-state index contributed by atoms with van der Waals surface area (Å²) in [4.78, 5) is 14.4. The van der Waals surface area contributed by atoms with Crippen LogP contribution in [0, 0.1) is 0 Å². The number of primary amides is 1. The van der Waals surface area contributed by atoms with E-state index < -0.39 is 28.3 Å². The summed E-state index contributed by atoms with van der Waals surface area (Å²) in [6.45, 7) is -0.477. The molecule has 0 aliphatic heterocycles. The highest BCUT2D eigenvalue weighted by Gasteiger charge is 2.10. The summed E-state index contributed by atoms with van der Waals surface area (Å²) >= 11 is 0. The number of carbonyl (C=O) groups is 1. The largest absolute Gasteiger partial charge is 0.395 e. The summed E-state index contributed by atoms with van der Waals surface area (Å²) in [5.41, 5.74) is 5.17. The van der Waals surface area contributed by atoms with Crippen LogP contribution >= 0.6 is 0 Å². The molecule has 4 N–H and O–H groups in total. The molecule has 0 spiro atoms. The zero-order valence-electron chi connectivity index (χ0n) is 8.25. The summed E-state index contributed by atoms with van der Waals surface area (Å²) < 4.78 is 24.6. The Bertz CT molecular complexity index is 469. The Kier molecular flexibility index (Phi) is 3.80. The van der Waals surface area contributed by atoms with Crippen LogP contribution in [0.3, 0.4) is 0 Å². The smallest absolute Gasteiger partial charge is 0.250 e. The molecule has 1 rings (SSSR count). The first kappa shape index (κ1) is 12.4. The van der Waals surface area contributed by atoms with Crippen LogP contribution in [0.4, 0.5) is 5.82 Å². The van der Waals surface area contributed by atoms with Gasteiger partial charge in [0.15, 0.2) is 0 Å². The van der Waals surface area contributed by atoms with E-state index in [4.69, 9.17) is 10.8 Å². The monoisotopic (exact) mass is 245 g/mol. The van der Waals surface area contributed by atoms with Crippen LogP contribution in [0.25, 0.3) is 0 Å². The van der Waals surface area contributed by atoms with Gasteiger partial charge in [0.25, 0.3) is 0 Å². The van der Waals surface area contributed by atoms with Crippen molar-refractivity contribution in [3.05, 3.63) is 23.9 Å². The van der Waals surface area contributed by atoms with Crippen LogP contribution in [-0.4, -0.2) is 36.8 Å². The molecule has 0 radical (unpaired) electrons. The molecule has 16 heavy (non-hydrogen) atoms. The zero-order valence-corrected chi connectivity index (χ0v) is 9.07. The minimum atomic E-state index is -3.60. The summed E-state index contributed by atoms with van der Waals surface area (Å²) in [7, 11) is -3.60. The predicted octanol–water partition coefficient (Wildman–Crippen LogP) is -1.09. The number of hydrogen-bond donors (Lipinski definition) is 3. The van der Waals surface area contributed by atoms with E-state index in [2.05, 4.69) is 9.71 Å². The van der Waals surface area contributed by atoms with Gasteiger partial charge in [0.1, 0.15) is 5.82 Å². The second kappa shape index (κ2) is 4.90. The predicted molar refractivity (Wildman–Crippen MR) is 57.3 cm³/mol. The van der Waals surface area contributed by atoms with Crippen LogP contribution < -0.4 is 10.5 Å². The number of rotatable bonds is 5. The van der Waals surface area contributed by atoms with Crippen molar-refractivity contribution in [3.8, 4) is 0 Å². The van der Waals surface area contributed by atoms with Gasteiger partial charge in [0.2, 0.25) is 15.9 Å². The number of aliphatic hydroxyl groups excluding tert-OH is 1. The number of nitrogens with one attached hydrogen (secondary N) is 1. The quantitative estimate of drug-likeness (QED) is 0.608. The third kappa shape index (κ3) is 3.48. The molecule has 0 saturated heterocycles. The number of carbonyl (C=O) groups excluding carboxylic acids is 1. The van der Waals surface area contributed by atoms with Gasteiger partial charge in [-0.2, -0.15) is 0 Å². The normalized spacial score (nSPS) is 11.1. The molecule has 0 aromatic carbocycles. The van der Waals surface area contributed by atoms with Crippen molar-refractivity contribution in [1.29, 1.82) is 0 Å². The first-order valence-corrected chi connectivity index (χ1v) is 5.97. The average molecular weight is 245 g/mol. The summed E-state index contributed by atoms with van der Waals surface area (Å²) in [6, 6.07) is 2.67. The Morgan fingerprint density at radius 2 is 2.19 bits per heavy atom. The van der Waals surface area contributed by atoms with Gasteiger partial charge in [-0.3, -0.25) is 9.52 Å². The maximum Gasteiger partial charge on any atom is 0.250 e. The second-order valence-electron chi connectivity index (χ2n) is 2.94. The Morgan fingerprint density at radius 1 is 1.50 bits per heavy atom. The molecule has 88 valence electrons. The lowest BCUT2D eigenvalue weighted by molar-refractivity contribution is 0.1000. The van der Waals surface area contributed by atoms with Crippen molar-refractivity contribution in [2.24, 2.45) is 5.73 Å². The highest BCUT2D eigenvalue weighted by Crippen LogP contribution is 2.06. The van der Waals surface area contributed by atoms with Crippen LogP contribution in [0.5, 0.6) is 0 Å². The van der Waals surface area contributed by atoms with E-state index in [1.54, 1.807) is 0 Å². The molecule has 1 amide bonds. The van der Waals surface area contributed by atoms with E-state index in [1.807, 2.05) is 0 Å².